The van der Waals surface area contributed by atoms with Crippen LogP contribution in [0.25, 0.3) is 0 Å². The van der Waals surface area contributed by atoms with Gasteiger partial charge in [-0.3, -0.25) is 14.9 Å². The first-order chi connectivity index (χ1) is 18.4. The van der Waals surface area contributed by atoms with Gasteiger partial charge in [0, 0.05) is 34.8 Å². The third-order valence-electron chi connectivity index (χ3n) is 6.40. The number of nitro benzene ring substituents is 1. The summed E-state index contributed by atoms with van der Waals surface area (Å²) < 4.78 is 6.76. The minimum absolute atomic E-state index is 0.0331. The van der Waals surface area contributed by atoms with E-state index in [2.05, 4.69) is 0 Å². The van der Waals surface area contributed by atoms with E-state index in [4.69, 9.17) is 16.3 Å². The number of hydrogen-bond donors (Lipinski definition) is 1. The number of non-ortho nitro benzene ring substituents is 1. The molecule has 0 bridgehead atoms. The Labute approximate surface area is 226 Å². The van der Waals surface area contributed by atoms with E-state index in [9.17, 15) is 20.0 Å². The Kier molecular flexibility index (Phi) is 8.53. The quantitative estimate of drug-likeness (QED) is 0.109. The van der Waals surface area contributed by atoms with Gasteiger partial charge in [-0.15, -0.1) is 0 Å². The maximum Gasteiger partial charge on any atom is 0.269 e. The van der Waals surface area contributed by atoms with E-state index in [1.54, 1.807) is 29.2 Å². The van der Waals surface area contributed by atoms with Gasteiger partial charge < -0.3 is 14.7 Å². The molecule has 4 aromatic rings. The highest BCUT2D eigenvalue weighted by Crippen LogP contribution is 2.40. The molecule has 7 nitrogen and oxygen atoms in total. The van der Waals surface area contributed by atoms with Crippen molar-refractivity contribution < 1.29 is 19.6 Å². The van der Waals surface area contributed by atoms with Crippen molar-refractivity contribution in [2.75, 3.05) is 0 Å². The second-order valence-corrected chi connectivity index (χ2v) is 9.33. The number of rotatable bonds is 11. The summed E-state index contributed by atoms with van der Waals surface area (Å²) in [5.41, 5.74) is 3.21. The minimum Gasteiger partial charge on any atom is -0.392 e. The zero-order valence-electron chi connectivity index (χ0n) is 20.8. The topological polar surface area (TPSA) is 92.9 Å². The number of benzene rings is 4. The minimum atomic E-state index is -1.37. The van der Waals surface area contributed by atoms with Gasteiger partial charge in [0.25, 0.3) is 5.69 Å². The molecule has 194 valence electrons. The molecular weight excluding hydrogens is 504 g/mol. The van der Waals surface area contributed by atoms with Gasteiger partial charge in [0.15, 0.2) is 5.72 Å². The number of carbonyl (C=O) groups excluding carboxylic acids is 1. The van der Waals surface area contributed by atoms with Crippen LogP contribution in [-0.4, -0.2) is 21.3 Å². The normalized spacial score (nSPS) is 12.5. The Morgan fingerprint density at radius 2 is 1.63 bits per heavy atom. The van der Waals surface area contributed by atoms with Crippen LogP contribution < -0.4 is 0 Å². The van der Waals surface area contributed by atoms with Crippen molar-refractivity contribution >= 4 is 23.7 Å². The average molecular weight is 531 g/mol. The molecular formula is C30H27ClN2O5. The van der Waals surface area contributed by atoms with Crippen LogP contribution in [0.15, 0.2) is 97.1 Å². The summed E-state index contributed by atoms with van der Waals surface area (Å²) in [4.78, 5) is 25.1. The van der Waals surface area contributed by atoms with Gasteiger partial charge in [-0.05, 0) is 41.3 Å². The lowest BCUT2D eigenvalue weighted by Crippen LogP contribution is -2.48. The molecule has 0 aliphatic rings. The van der Waals surface area contributed by atoms with Crippen LogP contribution in [0.3, 0.4) is 0 Å². The fourth-order valence-electron chi connectivity index (χ4n) is 4.50. The Balaban J connectivity index is 1.87. The van der Waals surface area contributed by atoms with Gasteiger partial charge >= 0.3 is 0 Å². The molecule has 0 aliphatic carbocycles. The highest BCUT2D eigenvalue weighted by molar-refractivity contribution is 6.30. The number of aliphatic hydroxyl groups excluding tert-OH is 1. The summed E-state index contributed by atoms with van der Waals surface area (Å²) in [5, 5.41) is 21.3. The van der Waals surface area contributed by atoms with Crippen molar-refractivity contribution in [3.05, 3.63) is 146 Å². The van der Waals surface area contributed by atoms with Crippen LogP contribution >= 0.6 is 11.6 Å². The third kappa shape index (κ3) is 5.75. The summed E-state index contributed by atoms with van der Waals surface area (Å²) in [5.74, 6) is 0. The molecule has 0 aromatic heterocycles. The monoisotopic (exact) mass is 530 g/mol. The van der Waals surface area contributed by atoms with E-state index < -0.39 is 10.6 Å². The number of aryl methyl sites for hydroxylation is 1. The van der Waals surface area contributed by atoms with Gasteiger partial charge in [-0.25, -0.2) is 0 Å². The number of ether oxygens (including phenoxy) is 1. The molecule has 0 saturated carbocycles. The summed E-state index contributed by atoms with van der Waals surface area (Å²) in [6.07, 6.45) is 0.729. The molecule has 1 N–H and O–H groups in total. The van der Waals surface area contributed by atoms with Gasteiger partial charge in [0.1, 0.15) is 0 Å². The Bertz CT molecular complexity index is 1410. The van der Waals surface area contributed by atoms with Gasteiger partial charge in [-0.1, -0.05) is 84.4 Å². The van der Waals surface area contributed by atoms with E-state index in [1.165, 1.54) is 12.1 Å². The van der Waals surface area contributed by atoms with Crippen molar-refractivity contribution in [3.8, 4) is 0 Å². The lowest BCUT2D eigenvalue weighted by Gasteiger charge is -2.43. The lowest BCUT2D eigenvalue weighted by molar-refractivity contribution is -0.384. The summed E-state index contributed by atoms with van der Waals surface area (Å²) >= 11 is 6.23. The molecule has 1 amide bonds. The van der Waals surface area contributed by atoms with E-state index in [0.717, 1.165) is 28.7 Å². The highest BCUT2D eigenvalue weighted by atomic mass is 35.5. The van der Waals surface area contributed by atoms with E-state index in [0.29, 0.717) is 16.1 Å². The van der Waals surface area contributed by atoms with Crippen LogP contribution in [0, 0.1) is 17.0 Å². The third-order valence-corrected chi connectivity index (χ3v) is 6.65. The molecule has 1 atom stereocenters. The zero-order valence-corrected chi connectivity index (χ0v) is 21.5. The second-order valence-electron chi connectivity index (χ2n) is 8.89. The molecule has 0 aliphatic heterocycles. The predicted molar refractivity (Wildman–Crippen MR) is 145 cm³/mol. The maximum atomic E-state index is 12.8. The first kappa shape index (κ1) is 27.0. The van der Waals surface area contributed by atoms with Crippen LogP contribution in [0.2, 0.25) is 5.02 Å². The largest absolute Gasteiger partial charge is 0.392 e. The Hall–Kier alpha value is -4.04. The van der Waals surface area contributed by atoms with Crippen LogP contribution in [0.5, 0.6) is 0 Å². The van der Waals surface area contributed by atoms with Crippen molar-refractivity contribution in [2.45, 2.75) is 32.4 Å². The van der Waals surface area contributed by atoms with Crippen LogP contribution in [0.4, 0.5) is 5.69 Å². The second kappa shape index (κ2) is 12.0. The van der Waals surface area contributed by atoms with Gasteiger partial charge in [-0.2, -0.15) is 0 Å². The fourth-order valence-corrected chi connectivity index (χ4v) is 4.62. The highest BCUT2D eigenvalue weighted by Gasteiger charge is 2.42. The summed E-state index contributed by atoms with van der Waals surface area (Å²) in [7, 11) is 0. The molecule has 0 saturated heterocycles. The zero-order chi connectivity index (χ0) is 27.1. The SMILES string of the molecule is Cc1ccccc1C(OCc1cccc(CO)c1)(c1ccc(Cl)cc1)N(C=O)Cc1ccc([N+](=O)[O-])cc1. The average Bonchev–Trinajstić information content (AvgIpc) is 2.94. The van der Waals surface area contributed by atoms with Gasteiger partial charge in [0.05, 0.1) is 18.1 Å². The van der Waals surface area contributed by atoms with E-state index >= 15 is 0 Å². The van der Waals surface area contributed by atoms with Crippen LogP contribution in [-0.2, 0) is 35.0 Å². The number of nitrogens with zero attached hydrogens (tertiary/aromatic N) is 2. The molecule has 0 radical (unpaired) electrons. The Morgan fingerprint density at radius 3 is 2.26 bits per heavy atom. The summed E-state index contributed by atoms with van der Waals surface area (Å²) in [6, 6.07) is 28.3. The number of amides is 1. The molecule has 0 spiro atoms. The van der Waals surface area contributed by atoms with E-state index in [1.807, 2.05) is 67.6 Å². The van der Waals surface area contributed by atoms with Crippen molar-refractivity contribution in [2.24, 2.45) is 0 Å². The van der Waals surface area contributed by atoms with E-state index in [-0.39, 0.29) is 25.4 Å². The molecule has 1 unspecified atom stereocenters. The van der Waals surface area contributed by atoms with Crippen LogP contribution in [0.1, 0.15) is 33.4 Å². The first-order valence-corrected chi connectivity index (χ1v) is 12.4. The standard InChI is InChI=1S/C30H27ClN2O5/c1-22-5-2-3-8-29(22)30(26-11-13-27(31)14-12-26,38-20-25-7-4-6-24(17-25)19-34)32(21-35)18-23-9-15-28(16-10-23)33(36)37/h2-17,21,34H,18-20H2,1H3. The summed E-state index contributed by atoms with van der Waals surface area (Å²) in [6.45, 7) is 2.10. The smallest absolute Gasteiger partial charge is 0.269 e. The number of carbonyl (C=O) groups is 1. The number of halogens is 1. The number of aliphatic hydroxyl groups is 1. The van der Waals surface area contributed by atoms with Crippen molar-refractivity contribution in [3.63, 3.8) is 0 Å². The van der Waals surface area contributed by atoms with Gasteiger partial charge in [0.2, 0.25) is 6.41 Å². The predicted octanol–water partition coefficient (Wildman–Crippen LogP) is 6.13. The molecule has 8 heteroatoms. The lowest BCUT2D eigenvalue weighted by atomic mass is 9.89. The molecule has 0 fully saturated rings. The van der Waals surface area contributed by atoms with Crippen molar-refractivity contribution in [1.29, 1.82) is 0 Å². The molecule has 0 heterocycles. The Morgan fingerprint density at radius 1 is 0.947 bits per heavy atom. The number of hydrogen-bond acceptors (Lipinski definition) is 5. The molecule has 4 rings (SSSR count). The number of nitro groups is 1. The maximum absolute atomic E-state index is 12.8. The molecule has 4 aromatic carbocycles. The van der Waals surface area contributed by atoms with Crippen molar-refractivity contribution in [1.82, 2.24) is 4.90 Å². The first-order valence-electron chi connectivity index (χ1n) is 12.0. The molecule has 38 heavy (non-hydrogen) atoms. The fraction of sp³-hybridized carbons (Fsp3) is 0.167.